The number of rotatable bonds is 8. The number of benzene rings is 2. The van der Waals surface area contributed by atoms with Gasteiger partial charge in [0, 0.05) is 48.2 Å². The fourth-order valence-corrected chi connectivity index (χ4v) is 3.19. The lowest BCUT2D eigenvalue weighted by Gasteiger charge is -2.07. The van der Waals surface area contributed by atoms with Gasteiger partial charge in [-0.15, -0.1) is 0 Å². The van der Waals surface area contributed by atoms with Gasteiger partial charge in [0.25, 0.3) is 0 Å². The standard InChI is InChI=1S/C24H22N4O3/c1-2-31-20-10-6-18(7-11-20)22(29)12-13-23(30)26-19-8-4-17(5-9-19)21-16-28-15-3-14-25-24(28)27-21/h3-11,14-16H,2,12-13H2,1H3,(H,26,30). The highest BCUT2D eigenvalue weighted by Gasteiger charge is 2.11. The zero-order chi connectivity index (χ0) is 21.6. The average Bonchev–Trinajstić information content (AvgIpc) is 3.23. The molecule has 2 heterocycles. The highest BCUT2D eigenvalue weighted by molar-refractivity contribution is 6.00. The Morgan fingerprint density at radius 1 is 1.03 bits per heavy atom. The second-order valence-corrected chi connectivity index (χ2v) is 6.96. The highest BCUT2D eigenvalue weighted by Crippen LogP contribution is 2.21. The number of anilines is 1. The number of Topliss-reactive ketones (excluding diaryl/α,β-unsaturated/α-hetero) is 1. The van der Waals surface area contributed by atoms with E-state index in [9.17, 15) is 9.59 Å². The summed E-state index contributed by atoms with van der Waals surface area (Å²) >= 11 is 0. The zero-order valence-corrected chi connectivity index (χ0v) is 17.1. The van der Waals surface area contributed by atoms with Crippen LogP contribution in [0.2, 0.25) is 0 Å². The minimum atomic E-state index is -0.205. The first-order chi connectivity index (χ1) is 15.1. The van der Waals surface area contributed by atoms with E-state index in [0.29, 0.717) is 23.6 Å². The number of amides is 1. The monoisotopic (exact) mass is 414 g/mol. The molecule has 0 bridgehead atoms. The van der Waals surface area contributed by atoms with Crippen LogP contribution in [0.1, 0.15) is 30.1 Å². The molecule has 0 saturated heterocycles. The summed E-state index contributed by atoms with van der Waals surface area (Å²) in [6, 6.07) is 16.2. The predicted molar refractivity (Wildman–Crippen MR) is 118 cm³/mol. The quantitative estimate of drug-likeness (QED) is 0.432. The molecule has 0 spiro atoms. The first-order valence-electron chi connectivity index (χ1n) is 10.1. The molecule has 0 fully saturated rings. The molecule has 2 aromatic carbocycles. The third-order valence-electron chi connectivity index (χ3n) is 4.77. The van der Waals surface area contributed by atoms with Gasteiger partial charge in [0.05, 0.1) is 12.3 Å². The van der Waals surface area contributed by atoms with Gasteiger partial charge in [-0.25, -0.2) is 9.97 Å². The molecule has 0 unspecified atom stereocenters. The molecule has 7 heteroatoms. The number of ketones is 1. The molecule has 156 valence electrons. The molecule has 2 aromatic heterocycles. The maximum absolute atomic E-state index is 12.3. The number of imidazole rings is 1. The van der Waals surface area contributed by atoms with Crippen LogP contribution in [0.4, 0.5) is 5.69 Å². The van der Waals surface area contributed by atoms with Crippen molar-refractivity contribution in [3.05, 3.63) is 78.8 Å². The van der Waals surface area contributed by atoms with Crippen LogP contribution in [0.5, 0.6) is 5.75 Å². The third kappa shape index (κ3) is 4.95. The summed E-state index contributed by atoms with van der Waals surface area (Å²) in [7, 11) is 0. The van der Waals surface area contributed by atoms with Crippen molar-refractivity contribution >= 4 is 23.2 Å². The summed E-state index contributed by atoms with van der Waals surface area (Å²) in [5, 5.41) is 2.83. The normalized spacial score (nSPS) is 10.7. The van der Waals surface area contributed by atoms with Gasteiger partial charge in [0.1, 0.15) is 5.75 Å². The van der Waals surface area contributed by atoms with Crippen molar-refractivity contribution in [1.29, 1.82) is 0 Å². The van der Waals surface area contributed by atoms with Crippen LogP contribution in [0, 0.1) is 0 Å². The van der Waals surface area contributed by atoms with Crippen LogP contribution < -0.4 is 10.1 Å². The summed E-state index contributed by atoms with van der Waals surface area (Å²) in [5.41, 5.74) is 2.97. The van der Waals surface area contributed by atoms with E-state index in [0.717, 1.165) is 17.0 Å². The molecule has 0 radical (unpaired) electrons. The van der Waals surface area contributed by atoms with Crippen molar-refractivity contribution in [1.82, 2.24) is 14.4 Å². The number of aromatic nitrogens is 3. The van der Waals surface area contributed by atoms with Gasteiger partial charge in [-0.2, -0.15) is 0 Å². The molecule has 0 aliphatic heterocycles. The number of ether oxygens (including phenoxy) is 1. The Morgan fingerprint density at radius 2 is 1.81 bits per heavy atom. The van der Waals surface area contributed by atoms with E-state index < -0.39 is 0 Å². The molecule has 0 aliphatic rings. The topological polar surface area (TPSA) is 85.6 Å². The van der Waals surface area contributed by atoms with Gasteiger partial charge in [-0.05, 0) is 49.4 Å². The lowest BCUT2D eigenvalue weighted by molar-refractivity contribution is -0.116. The maximum Gasteiger partial charge on any atom is 0.234 e. The molecule has 0 atom stereocenters. The van der Waals surface area contributed by atoms with E-state index in [-0.39, 0.29) is 24.5 Å². The Bertz CT molecular complexity index is 1160. The fraction of sp³-hybridized carbons (Fsp3) is 0.167. The van der Waals surface area contributed by atoms with Gasteiger partial charge in [0.2, 0.25) is 11.7 Å². The van der Waals surface area contributed by atoms with Crippen LogP contribution >= 0.6 is 0 Å². The Hall–Kier alpha value is -4.00. The van der Waals surface area contributed by atoms with Crippen LogP contribution in [0.15, 0.2) is 73.2 Å². The second-order valence-electron chi connectivity index (χ2n) is 6.96. The Balaban J connectivity index is 1.31. The maximum atomic E-state index is 12.3. The lowest BCUT2D eigenvalue weighted by Crippen LogP contribution is -2.13. The Morgan fingerprint density at radius 3 is 2.52 bits per heavy atom. The summed E-state index contributed by atoms with van der Waals surface area (Å²) in [5.74, 6) is 1.07. The van der Waals surface area contributed by atoms with Crippen LogP contribution in [-0.4, -0.2) is 32.7 Å². The molecule has 0 saturated carbocycles. The number of carbonyl (C=O) groups is 2. The van der Waals surface area contributed by atoms with Gasteiger partial charge >= 0.3 is 0 Å². The SMILES string of the molecule is CCOc1ccc(C(=O)CCC(=O)Nc2ccc(-c3cn4cccnc4n3)cc2)cc1. The van der Waals surface area contributed by atoms with Crippen molar-refractivity contribution in [3.8, 4) is 17.0 Å². The van der Waals surface area contributed by atoms with E-state index in [1.807, 2.05) is 54.0 Å². The van der Waals surface area contributed by atoms with Crippen molar-refractivity contribution in [2.75, 3.05) is 11.9 Å². The molecule has 31 heavy (non-hydrogen) atoms. The van der Waals surface area contributed by atoms with Crippen molar-refractivity contribution in [3.63, 3.8) is 0 Å². The second kappa shape index (κ2) is 9.21. The predicted octanol–water partition coefficient (Wildman–Crippen LogP) is 4.40. The van der Waals surface area contributed by atoms with E-state index >= 15 is 0 Å². The van der Waals surface area contributed by atoms with Gasteiger partial charge in [-0.1, -0.05) is 12.1 Å². The van der Waals surface area contributed by atoms with E-state index in [4.69, 9.17) is 4.74 Å². The fourth-order valence-electron chi connectivity index (χ4n) is 3.19. The first-order valence-corrected chi connectivity index (χ1v) is 10.1. The Kier molecular flexibility index (Phi) is 6.03. The largest absolute Gasteiger partial charge is 0.494 e. The lowest BCUT2D eigenvalue weighted by atomic mass is 10.1. The van der Waals surface area contributed by atoms with Crippen molar-refractivity contribution in [2.45, 2.75) is 19.8 Å². The van der Waals surface area contributed by atoms with Gasteiger partial charge < -0.3 is 10.1 Å². The zero-order valence-electron chi connectivity index (χ0n) is 17.1. The number of nitrogens with zero attached hydrogens (tertiary/aromatic N) is 3. The molecule has 1 amide bonds. The number of fused-ring (bicyclic) bond motifs is 1. The van der Waals surface area contributed by atoms with Gasteiger partial charge in [-0.3, -0.25) is 14.0 Å². The Labute approximate surface area is 179 Å². The summed E-state index contributed by atoms with van der Waals surface area (Å²) < 4.78 is 7.23. The first kappa shape index (κ1) is 20.3. The number of hydrogen-bond donors (Lipinski definition) is 1. The number of carbonyl (C=O) groups excluding carboxylic acids is 2. The van der Waals surface area contributed by atoms with Crippen LogP contribution in [0.3, 0.4) is 0 Å². The molecule has 4 aromatic rings. The van der Waals surface area contributed by atoms with Crippen molar-refractivity contribution in [2.24, 2.45) is 0 Å². The summed E-state index contributed by atoms with van der Waals surface area (Å²) in [6.07, 6.45) is 5.76. The smallest absolute Gasteiger partial charge is 0.234 e. The number of hydrogen-bond acceptors (Lipinski definition) is 5. The molecular formula is C24H22N4O3. The molecule has 4 rings (SSSR count). The molecular weight excluding hydrogens is 392 g/mol. The minimum Gasteiger partial charge on any atom is -0.494 e. The molecule has 1 N–H and O–H groups in total. The average molecular weight is 414 g/mol. The highest BCUT2D eigenvalue weighted by atomic mass is 16.5. The third-order valence-corrected chi connectivity index (χ3v) is 4.77. The molecule has 7 nitrogen and oxygen atoms in total. The van der Waals surface area contributed by atoms with Gasteiger partial charge in [0.15, 0.2) is 5.78 Å². The number of nitrogens with one attached hydrogen (secondary N) is 1. The van der Waals surface area contributed by atoms with Crippen molar-refractivity contribution < 1.29 is 14.3 Å². The van der Waals surface area contributed by atoms with E-state index in [2.05, 4.69) is 15.3 Å². The van der Waals surface area contributed by atoms with Crippen LogP contribution in [-0.2, 0) is 4.79 Å². The molecule has 0 aliphatic carbocycles. The van der Waals surface area contributed by atoms with E-state index in [1.165, 1.54) is 0 Å². The summed E-state index contributed by atoms with van der Waals surface area (Å²) in [4.78, 5) is 33.3. The van der Waals surface area contributed by atoms with Crippen LogP contribution in [0.25, 0.3) is 17.0 Å². The van der Waals surface area contributed by atoms with E-state index in [1.54, 1.807) is 30.5 Å². The summed E-state index contributed by atoms with van der Waals surface area (Å²) in [6.45, 7) is 2.48. The minimum absolute atomic E-state index is 0.0750.